The molecule has 3 N–H and O–H groups in total. The number of imide groups is 1. The molecule has 1 aliphatic rings. The third-order valence-electron chi connectivity index (χ3n) is 3.29. The van der Waals surface area contributed by atoms with E-state index in [0.717, 1.165) is 0 Å². The molecule has 0 radical (unpaired) electrons. The van der Waals surface area contributed by atoms with Gasteiger partial charge >= 0.3 is 7.12 Å². The Hall–Kier alpha value is -2.44. The summed E-state index contributed by atoms with van der Waals surface area (Å²) >= 11 is 0. The lowest BCUT2D eigenvalue weighted by Crippen LogP contribution is -2.31. The molecule has 0 bridgehead atoms. The highest BCUT2D eigenvalue weighted by Gasteiger charge is 2.30. The smallest absolute Gasteiger partial charge is 0.423 e. The molecule has 2 aromatic carbocycles. The fourth-order valence-electron chi connectivity index (χ4n) is 2.41. The zero-order valence-corrected chi connectivity index (χ0v) is 10.3. The van der Waals surface area contributed by atoms with Crippen molar-refractivity contribution in [1.82, 2.24) is 5.32 Å². The molecule has 20 heavy (non-hydrogen) atoms. The summed E-state index contributed by atoms with van der Waals surface area (Å²) in [6.07, 6.45) is 0. The molecule has 2 aromatic rings. The van der Waals surface area contributed by atoms with E-state index in [1.807, 2.05) is 0 Å². The molecule has 3 rings (SSSR count). The molecule has 1 aliphatic heterocycles. The SMILES string of the molecule is O=C1NC(=O)c2c1cccc2-c1ccccc1B(O)O. The summed E-state index contributed by atoms with van der Waals surface area (Å²) in [5, 5.41) is 21.1. The van der Waals surface area contributed by atoms with E-state index in [9.17, 15) is 19.6 Å². The van der Waals surface area contributed by atoms with Gasteiger partial charge in [-0.3, -0.25) is 14.9 Å². The van der Waals surface area contributed by atoms with Crippen molar-refractivity contribution in [3.63, 3.8) is 0 Å². The Bertz CT molecular complexity index is 727. The molecular formula is C14H10BNO4. The van der Waals surface area contributed by atoms with E-state index in [-0.39, 0.29) is 11.0 Å². The first-order valence-electron chi connectivity index (χ1n) is 6.03. The first kappa shape index (κ1) is 12.6. The van der Waals surface area contributed by atoms with Crippen LogP contribution < -0.4 is 10.8 Å². The molecule has 98 valence electrons. The fraction of sp³-hybridized carbons (Fsp3) is 0. The molecule has 0 aliphatic carbocycles. The Kier molecular flexibility index (Phi) is 2.89. The van der Waals surface area contributed by atoms with Crippen molar-refractivity contribution >= 4 is 24.4 Å². The summed E-state index contributed by atoms with van der Waals surface area (Å²) in [5.74, 6) is -0.906. The van der Waals surface area contributed by atoms with Gasteiger partial charge in [-0.1, -0.05) is 36.4 Å². The van der Waals surface area contributed by atoms with Crippen LogP contribution in [0.5, 0.6) is 0 Å². The van der Waals surface area contributed by atoms with Gasteiger partial charge in [-0.05, 0) is 22.7 Å². The predicted octanol–water partition coefficient (Wildman–Crippen LogP) is -0.0830. The summed E-state index contributed by atoms with van der Waals surface area (Å²) < 4.78 is 0. The lowest BCUT2D eigenvalue weighted by atomic mass is 9.74. The van der Waals surface area contributed by atoms with Crippen molar-refractivity contribution in [1.29, 1.82) is 0 Å². The fourth-order valence-corrected chi connectivity index (χ4v) is 2.41. The third kappa shape index (κ3) is 1.82. The van der Waals surface area contributed by atoms with Crippen LogP contribution in [0, 0.1) is 0 Å². The molecular weight excluding hydrogens is 257 g/mol. The van der Waals surface area contributed by atoms with Crippen molar-refractivity contribution in [3.8, 4) is 11.1 Å². The number of carbonyl (C=O) groups excluding carboxylic acids is 2. The van der Waals surface area contributed by atoms with Crippen LogP contribution >= 0.6 is 0 Å². The van der Waals surface area contributed by atoms with Crippen LogP contribution in [0.4, 0.5) is 0 Å². The van der Waals surface area contributed by atoms with Gasteiger partial charge in [0.15, 0.2) is 0 Å². The summed E-state index contributed by atoms with van der Waals surface area (Å²) in [6.45, 7) is 0. The van der Waals surface area contributed by atoms with Crippen LogP contribution in [0.3, 0.4) is 0 Å². The maximum absolute atomic E-state index is 11.9. The topological polar surface area (TPSA) is 86.6 Å². The molecule has 0 fully saturated rings. The minimum Gasteiger partial charge on any atom is -0.423 e. The number of carbonyl (C=O) groups is 2. The van der Waals surface area contributed by atoms with E-state index in [2.05, 4.69) is 5.32 Å². The number of amides is 2. The lowest BCUT2D eigenvalue weighted by Gasteiger charge is -2.11. The second-order valence-electron chi connectivity index (χ2n) is 4.47. The summed E-state index contributed by atoms with van der Waals surface area (Å²) in [7, 11) is -1.65. The zero-order valence-electron chi connectivity index (χ0n) is 10.3. The second-order valence-corrected chi connectivity index (χ2v) is 4.47. The molecule has 0 saturated heterocycles. The normalized spacial score (nSPS) is 13.1. The van der Waals surface area contributed by atoms with E-state index in [0.29, 0.717) is 16.7 Å². The molecule has 0 saturated carbocycles. The first-order chi connectivity index (χ1) is 9.59. The molecule has 0 aromatic heterocycles. The quantitative estimate of drug-likeness (QED) is 0.524. The van der Waals surface area contributed by atoms with Crippen LogP contribution in [0.25, 0.3) is 11.1 Å². The van der Waals surface area contributed by atoms with Crippen molar-refractivity contribution in [2.45, 2.75) is 0 Å². The van der Waals surface area contributed by atoms with Gasteiger partial charge < -0.3 is 10.0 Å². The number of benzene rings is 2. The summed E-state index contributed by atoms with van der Waals surface area (Å²) in [6, 6.07) is 11.6. The van der Waals surface area contributed by atoms with E-state index in [1.165, 1.54) is 0 Å². The van der Waals surface area contributed by atoms with Crippen LogP contribution in [0.1, 0.15) is 20.7 Å². The lowest BCUT2D eigenvalue weighted by molar-refractivity contribution is 0.0880. The minimum atomic E-state index is -1.65. The van der Waals surface area contributed by atoms with E-state index >= 15 is 0 Å². The highest BCUT2D eigenvalue weighted by atomic mass is 16.4. The molecule has 0 spiro atoms. The van der Waals surface area contributed by atoms with Gasteiger partial charge in [0.25, 0.3) is 11.8 Å². The van der Waals surface area contributed by atoms with Crippen molar-refractivity contribution in [2.24, 2.45) is 0 Å². The van der Waals surface area contributed by atoms with Crippen LogP contribution in [-0.2, 0) is 0 Å². The highest BCUT2D eigenvalue weighted by Crippen LogP contribution is 2.28. The van der Waals surface area contributed by atoms with E-state index in [4.69, 9.17) is 0 Å². The zero-order chi connectivity index (χ0) is 14.3. The number of hydrogen-bond donors (Lipinski definition) is 3. The van der Waals surface area contributed by atoms with E-state index < -0.39 is 18.9 Å². The van der Waals surface area contributed by atoms with Crippen molar-refractivity contribution in [2.75, 3.05) is 0 Å². The number of rotatable bonds is 2. The van der Waals surface area contributed by atoms with Crippen molar-refractivity contribution < 1.29 is 19.6 Å². The van der Waals surface area contributed by atoms with Gasteiger partial charge in [0.05, 0.1) is 11.1 Å². The molecule has 1 heterocycles. The van der Waals surface area contributed by atoms with Crippen LogP contribution in [0.2, 0.25) is 0 Å². The van der Waals surface area contributed by atoms with Crippen LogP contribution in [-0.4, -0.2) is 29.0 Å². The highest BCUT2D eigenvalue weighted by molar-refractivity contribution is 6.60. The Morgan fingerprint density at radius 2 is 1.45 bits per heavy atom. The predicted molar refractivity (Wildman–Crippen MR) is 73.5 cm³/mol. The molecule has 5 nitrogen and oxygen atoms in total. The van der Waals surface area contributed by atoms with E-state index in [1.54, 1.807) is 42.5 Å². The van der Waals surface area contributed by atoms with Gasteiger partial charge in [-0.25, -0.2) is 0 Å². The van der Waals surface area contributed by atoms with Gasteiger partial charge in [0.1, 0.15) is 0 Å². The Balaban J connectivity index is 2.28. The molecule has 6 heteroatoms. The Labute approximate surface area is 115 Å². The second kappa shape index (κ2) is 4.59. The van der Waals surface area contributed by atoms with Gasteiger partial charge in [0.2, 0.25) is 0 Å². The number of hydrogen-bond acceptors (Lipinski definition) is 4. The minimum absolute atomic E-state index is 0.269. The molecule has 2 amide bonds. The largest absolute Gasteiger partial charge is 0.489 e. The molecule has 0 atom stereocenters. The van der Waals surface area contributed by atoms with Gasteiger partial charge in [-0.15, -0.1) is 0 Å². The number of fused-ring (bicyclic) bond motifs is 1. The average molecular weight is 267 g/mol. The van der Waals surface area contributed by atoms with Gasteiger partial charge in [0, 0.05) is 0 Å². The maximum atomic E-state index is 11.9. The maximum Gasteiger partial charge on any atom is 0.489 e. The first-order valence-corrected chi connectivity index (χ1v) is 6.03. The number of nitrogens with one attached hydrogen (secondary N) is 1. The summed E-state index contributed by atoms with van der Waals surface area (Å²) in [5.41, 5.74) is 1.88. The van der Waals surface area contributed by atoms with Crippen LogP contribution in [0.15, 0.2) is 42.5 Å². The standard InChI is InChI=1S/C14H10BNO4/c17-13-10-6-3-5-9(12(10)14(18)16-13)8-4-1-2-7-11(8)15(19)20/h1-7,19-20H,(H,16,17,18). The third-order valence-corrected chi connectivity index (χ3v) is 3.29. The monoisotopic (exact) mass is 267 g/mol. The van der Waals surface area contributed by atoms with Crippen molar-refractivity contribution in [3.05, 3.63) is 53.6 Å². The Morgan fingerprint density at radius 3 is 2.20 bits per heavy atom. The molecule has 0 unspecified atom stereocenters. The average Bonchev–Trinajstić information content (AvgIpc) is 2.74. The Morgan fingerprint density at radius 1 is 0.800 bits per heavy atom. The summed E-state index contributed by atoms with van der Waals surface area (Å²) in [4.78, 5) is 23.5. The van der Waals surface area contributed by atoms with Gasteiger partial charge in [-0.2, -0.15) is 0 Å².